The molecule has 0 aliphatic heterocycles. The molecule has 0 unspecified atom stereocenters. The maximum absolute atomic E-state index is 12.2. The fourth-order valence-corrected chi connectivity index (χ4v) is 2.17. The predicted octanol–water partition coefficient (Wildman–Crippen LogP) is 0.572. The summed E-state index contributed by atoms with van der Waals surface area (Å²) in [4.78, 5) is 12.2. The fraction of sp³-hybridized carbons (Fsp3) is 0.133. The summed E-state index contributed by atoms with van der Waals surface area (Å²) < 4.78 is 10.9. The van der Waals surface area contributed by atoms with Crippen LogP contribution < -0.4 is 26.6 Å². The van der Waals surface area contributed by atoms with E-state index >= 15 is 0 Å². The highest BCUT2D eigenvalue weighted by atomic mass is 16.5. The van der Waals surface area contributed by atoms with Gasteiger partial charge >= 0.3 is 0 Å². The van der Waals surface area contributed by atoms with E-state index in [0.29, 0.717) is 21.7 Å². The van der Waals surface area contributed by atoms with E-state index in [1.807, 2.05) is 6.07 Å². The Kier molecular flexibility index (Phi) is 4.10. The molecule has 1 aromatic carbocycles. The molecule has 23 heavy (non-hydrogen) atoms. The number of nitrogens with zero attached hydrogens (tertiary/aromatic N) is 3. The van der Waals surface area contributed by atoms with Crippen molar-refractivity contribution in [1.82, 2.24) is 4.68 Å². The van der Waals surface area contributed by atoms with Gasteiger partial charge in [-0.3, -0.25) is 4.79 Å². The van der Waals surface area contributed by atoms with Crippen LogP contribution in [0.2, 0.25) is 0 Å². The van der Waals surface area contributed by atoms with Crippen molar-refractivity contribution < 1.29 is 9.47 Å². The summed E-state index contributed by atoms with van der Waals surface area (Å²) in [5, 5.41) is 18.7. The molecule has 8 heteroatoms. The number of rotatable bonds is 3. The molecule has 0 amide bonds. The minimum absolute atomic E-state index is 0.0704. The lowest BCUT2D eigenvalue weighted by Crippen LogP contribution is -2.33. The first-order valence-corrected chi connectivity index (χ1v) is 6.35. The molecule has 1 heterocycles. The molecule has 116 valence electrons. The number of nitriles is 2. The van der Waals surface area contributed by atoms with Crippen LogP contribution in [0.5, 0.6) is 11.5 Å². The topological polar surface area (TPSA) is 140 Å². The number of ether oxygens (including phenoxy) is 2. The van der Waals surface area contributed by atoms with Crippen LogP contribution in [0, 0.1) is 22.7 Å². The van der Waals surface area contributed by atoms with Crippen LogP contribution in [0.25, 0.3) is 11.1 Å². The Hall–Kier alpha value is -3.65. The first-order valence-electron chi connectivity index (χ1n) is 6.35. The van der Waals surface area contributed by atoms with Crippen LogP contribution in [0.4, 0.5) is 5.82 Å². The number of hydrogen-bond acceptors (Lipinski definition) is 7. The second kappa shape index (κ2) is 6.00. The monoisotopic (exact) mass is 311 g/mol. The molecule has 0 saturated heterocycles. The van der Waals surface area contributed by atoms with Crippen molar-refractivity contribution in [2.24, 2.45) is 0 Å². The Morgan fingerprint density at radius 2 is 1.57 bits per heavy atom. The lowest BCUT2D eigenvalue weighted by molar-refractivity contribution is 0.394. The second-order valence-electron chi connectivity index (χ2n) is 4.51. The lowest BCUT2D eigenvalue weighted by Gasteiger charge is -2.14. The third kappa shape index (κ3) is 2.49. The van der Waals surface area contributed by atoms with Gasteiger partial charge in [-0.15, -0.1) is 0 Å². The minimum atomic E-state index is -0.791. The molecule has 0 atom stereocenters. The van der Waals surface area contributed by atoms with Crippen LogP contribution in [-0.2, 0) is 0 Å². The van der Waals surface area contributed by atoms with Gasteiger partial charge in [-0.2, -0.15) is 10.5 Å². The summed E-state index contributed by atoms with van der Waals surface area (Å²) in [7, 11) is 2.92. The number of anilines is 1. The molecule has 0 fully saturated rings. The average molecular weight is 311 g/mol. The quantitative estimate of drug-likeness (QED) is 0.789. The molecule has 8 nitrogen and oxygen atoms in total. The summed E-state index contributed by atoms with van der Waals surface area (Å²) in [6, 6.07) is 8.42. The van der Waals surface area contributed by atoms with E-state index in [9.17, 15) is 15.3 Å². The summed E-state index contributed by atoms with van der Waals surface area (Å²) in [6.07, 6.45) is 0. The van der Waals surface area contributed by atoms with Crippen molar-refractivity contribution in [2.75, 3.05) is 25.8 Å². The Morgan fingerprint density at radius 3 is 2.00 bits per heavy atom. The van der Waals surface area contributed by atoms with Gasteiger partial charge in [-0.1, -0.05) is 0 Å². The van der Waals surface area contributed by atoms with Crippen LogP contribution in [0.15, 0.2) is 23.0 Å². The number of hydrogen-bond donors (Lipinski definition) is 2. The number of nitrogen functional groups attached to an aromatic ring is 2. The van der Waals surface area contributed by atoms with Crippen molar-refractivity contribution in [1.29, 1.82) is 10.5 Å². The zero-order chi connectivity index (χ0) is 17.1. The van der Waals surface area contributed by atoms with E-state index in [1.165, 1.54) is 14.2 Å². The minimum Gasteiger partial charge on any atom is -0.497 e. The first kappa shape index (κ1) is 15.7. The molecule has 2 rings (SSSR count). The summed E-state index contributed by atoms with van der Waals surface area (Å²) in [5.41, 5.74) is 5.08. The molecule has 0 radical (unpaired) electrons. The molecule has 4 N–H and O–H groups in total. The Balaban J connectivity index is 2.97. The van der Waals surface area contributed by atoms with Gasteiger partial charge in [0.15, 0.2) is 0 Å². The first-order chi connectivity index (χ1) is 11.0. The van der Waals surface area contributed by atoms with Gasteiger partial charge in [0.1, 0.15) is 40.6 Å². The van der Waals surface area contributed by atoms with Gasteiger partial charge in [0.2, 0.25) is 0 Å². The number of methoxy groups -OCH3 is 2. The van der Waals surface area contributed by atoms with Gasteiger partial charge in [0.25, 0.3) is 5.56 Å². The van der Waals surface area contributed by atoms with Crippen molar-refractivity contribution in [3.05, 3.63) is 39.7 Å². The second-order valence-corrected chi connectivity index (χ2v) is 4.51. The van der Waals surface area contributed by atoms with E-state index in [0.717, 1.165) is 0 Å². The predicted molar refractivity (Wildman–Crippen MR) is 83.2 cm³/mol. The molecule has 2 aromatic rings. The molecule has 0 bridgehead atoms. The van der Waals surface area contributed by atoms with Crippen molar-refractivity contribution in [2.45, 2.75) is 0 Å². The smallest absolute Gasteiger partial charge is 0.289 e. The highest BCUT2D eigenvalue weighted by Gasteiger charge is 2.21. The fourth-order valence-electron chi connectivity index (χ4n) is 2.17. The largest absolute Gasteiger partial charge is 0.497 e. The number of benzene rings is 1. The van der Waals surface area contributed by atoms with Gasteiger partial charge < -0.3 is 21.1 Å². The van der Waals surface area contributed by atoms with Crippen LogP contribution >= 0.6 is 0 Å². The van der Waals surface area contributed by atoms with Crippen LogP contribution in [0.3, 0.4) is 0 Å². The van der Waals surface area contributed by atoms with Crippen LogP contribution in [0.1, 0.15) is 11.1 Å². The average Bonchev–Trinajstić information content (AvgIpc) is 2.58. The number of aromatic nitrogens is 1. The van der Waals surface area contributed by atoms with Gasteiger partial charge in [-0.25, -0.2) is 4.68 Å². The van der Waals surface area contributed by atoms with Crippen molar-refractivity contribution in [3.63, 3.8) is 0 Å². The molecular weight excluding hydrogens is 298 g/mol. The maximum Gasteiger partial charge on any atom is 0.289 e. The summed E-state index contributed by atoms with van der Waals surface area (Å²) >= 11 is 0. The highest BCUT2D eigenvalue weighted by Crippen LogP contribution is 2.34. The van der Waals surface area contributed by atoms with Crippen molar-refractivity contribution in [3.8, 4) is 34.8 Å². The maximum atomic E-state index is 12.2. The Bertz CT molecular complexity index is 896. The molecule has 0 aliphatic carbocycles. The Morgan fingerprint density at radius 1 is 1.04 bits per heavy atom. The van der Waals surface area contributed by atoms with E-state index in [-0.39, 0.29) is 22.5 Å². The van der Waals surface area contributed by atoms with Crippen LogP contribution in [-0.4, -0.2) is 18.9 Å². The van der Waals surface area contributed by atoms with E-state index in [2.05, 4.69) is 0 Å². The highest BCUT2D eigenvalue weighted by molar-refractivity contribution is 5.81. The molecular formula is C15H13N5O3. The molecule has 1 aromatic heterocycles. The molecule has 0 saturated carbocycles. The summed E-state index contributed by atoms with van der Waals surface area (Å²) in [5.74, 6) is 6.16. The van der Waals surface area contributed by atoms with E-state index in [1.54, 1.807) is 24.3 Å². The normalized spacial score (nSPS) is 9.74. The third-order valence-electron chi connectivity index (χ3n) is 3.31. The standard InChI is InChI=1S/C15H13N5O3/c1-22-9-3-8(4-10(5-9)23-2)13-11(6-16)14(18)20(19)15(21)12(13)7-17/h3-5H,18-19H2,1-2H3. The van der Waals surface area contributed by atoms with Crippen molar-refractivity contribution >= 4 is 5.82 Å². The number of nitrogens with two attached hydrogens (primary N) is 2. The zero-order valence-electron chi connectivity index (χ0n) is 12.5. The molecule has 0 spiro atoms. The molecule has 0 aliphatic rings. The Labute approximate surface area is 131 Å². The SMILES string of the molecule is COc1cc(OC)cc(-c2c(C#N)c(N)n(N)c(=O)c2C#N)c1. The third-order valence-corrected chi connectivity index (χ3v) is 3.31. The zero-order valence-corrected chi connectivity index (χ0v) is 12.5. The van der Waals surface area contributed by atoms with E-state index < -0.39 is 5.56 Å². The summed E-state index contributed by atoms with van der Waals surface area (Å²) in [6.45, 7) is 0. The van der Waals surface area contributed by atoms with Gasteiger partial charge in [-0.05, 0) is 17.7 Å². The van der Waals surface area contributed by atoms with Gasteiger partial charge in [0, 0.05) is 11.6 Å². The lowest BCUT2D eigenvalue weighted by atomic mass is 9.96. The van der Waals surface area contributed by atoms with Gasteiger partial charge in [0.05, 0.1) is 14.2 Å². The van der Waals surface area contributed by atoms with E-state index in [4.69, 9.17) is 21.1 Å². The number of pyridine rings is 1.